The first kappa shape index (κ1) is 14.2. The van der Waals surface area contributed by atoms with E-state index in [2.05, 4.69) is 23.2 Å². The molecule has 3 nitrogen and oxygen atoms in total. The predicted molar refractivity (Wildman–Crippen MR) is 84.3 cm³/mol. The molecule has 0 amide bonds. The van der Waals surface area contributed by atoms with Crippen molar-refractivity contribution < 1.29 is 0 Å². The molecule has 0 radical (unpaired) electrons. The Morgan fingerprint density at radius 3 is 3.00 bits per heavy atom. The molecule has 2 atom stereocenters. The number of hydrogen-bond donors (Lipinski definition) is 1. The molecular formula is C16H24ClN3. The lowest BCUT2D eigenvalue weighted by Crippen LogP contribution is -2.43. The van der Waals surface area contributed by atoms with Crippen LogP contribution in [0.1, 0.15) is 44.7 Å². The molecule has 2 aliphatic rings. The number of nitrogens with zero attached hydrogens (tertiary/aromatic N) is 2. The summed E-state index contributed by atoms with van der Waals surface area (Å²) in [5, 5.41) is 4.09. The molecule has 4 heteroatoms. The molecule has 2 unspecified atom stereocenters. The highest BCUT2D eigenvalue weighted by Crippen LogP contribution is 2.38. The minimum atomic E-state index is 0.712. The van der Waals surface area contributed by atoms with Gasteiger partial charge in [-0.25, -0.2) is 4.98 Å². The third-order valence-electron chi connectivity index (χ3n) is 4.73. The smallest absolute Gasteiger partial charge is 0.129 e. The zero-order chi connectivity index (χ0) is 13.9. The standard InChI is InChI=1S/C16H24ClN3/c1-2-18-11-14-13(17)8-9-16(19-14)20-10-4-6-12-5-3-7-15(12)20/h8-9,12,15,18H,2-7,10-11H2,1H3. The number of piperidine rings is 1. The van der Waals surface area contributed by atoms with E-state index in [1.54, 1.807) is 0 Å². The van der Waals surface area contributed by atoms with Crippen LogP contribution in [0.3, 0.4) is 0 Å². The first-order valence-corrected chi connectivity index (χ1v) is 8.30. The van der Waals surface area contributed by atoms with Gasteiger partial charge in [0, 0.05) is 19.1 Å². The van der Waals surface area contributed by atoms with Gasteiger partial charge in [0.1, 0.15) is 5.82 Å². The average molecular weight is 294 g/mol. The third kappa shape index (κ3) is 2.79. The Kier molecular flexibility index (Phi) is 4.47. The van der Waals surface area contributed by atoms with Crippen LogP contribution in [0.4, 0.5) is 5.82 Å². The van der Waals surface area contributed by atoms with Crippen LogP contribution in [-0.2, 0) is 6.54 Å². The van der Waals surface area contributed by atoms with Crippen LogP contribution in [0.2, 0.25) is 5.02 Å². The monoisotopic (exact) mass is 293 g/mol. The summed E-state index contributed by atoms with van der Waals surface area (Å²) in [7, 11) is 0. The van der Waals surface area contributed by atoms with E-state index < -0.39 is 0 Å². The van der Waals surface area contributed by atoms with E-state index in [-0.39, 0.29) is 0 Å². The largest absolute Gasteiger partial charge is 0.353 e. The van der Waals surface area contributed by atoms with E-state index >= 15 is 0 Å². The van der Waals surface area contributed by atoms with Crippen molar-refractivity contribution in [2.75, 3.05) is 18.0 Å². The summed E-state index contributed by atoms with van der Waals surface area (Å²) in [5.74, 6) is 2.01. The Bertz CT molecular complexity index is 463. The molecule has 0 spiro atoms. The summed E-state index contributed by atoms with van der Waals surface area (Å²) in [6.45, 7) is 4.95. The maximum Gasteiger partial charge on any atom is 0.129 e. The molecule has 1 saturated carbocycles. The quantitative estimate of drug-likeness (QED) is 0.919. The maximum absolute atomic E-state index is 6.26. The predicted octanol–water partition coefficient (Wildman–Crippen LogP) is 3.61. The summed E-state index contributed by atoms with van der Waals surface area (Å²) in [5.41, 5.74) is 0.978. The van der Waals surface area contributed by atoms with Gasteiger partial charge < -0.3 is 10.2 Å². The fourth-order valence-corrected chi connectivity index (χ4v) is 3.91. The molecule has 110 valence electrons. The van der Waals surface area contributed by atoms with Gasteiger partial charge in [0.05, 0.1) is 10.7 Å². The Labute approximate surface area is 126 Å². The normalized spacial score (nSPS) is 25.8. The van der Waals surface area contributed by atoms with Crippen molar-refractivity contribution in [3.05, 3.63) is 22.8 Å². The minimum absolute atomic E-state index is 0.712. The second kappa shape index (κ2) is 6.31. The number of fused-ring (bicyclic) bond motifs is 1. The summed E-state index contributed by atoms with van der Waals surface area (Å²) >= 11 is 6.26. The van der Waals surface area contributed by atoms with E-state index in [4.69, 9.17) is 16.6 Å². The number of anilines is 1. The first-order chi connectivity index (χ1) is 9.79. The van der Waals surface area contributed by atoms with Crippen LogP contribution in [0.15, 0.2) is 12.1 Å². The second-order valence-corrected chi connectivity index (χ2v) is 6.38. The van der Waals surface area contributed by atoms with Gasteiger partial charge in [0.25, 0.3) is 0 Å². The highest BCUT2D eigenvalue weighted by molar-refractivity contribution is 6.31. The van der Waals surface area contributed by atoms with Crippen molar-refractivity contribution in [3.8, 4) is 0 Å². The number of hydrogen-bond acceptors (Lipinski definition) is 3. The molecule has 1 N–H and O–H groups in total. The second-order valence-electron chi connectivity index (χ2n) is 5.97. The number of rotatable bonds is 4. The minimum Gasteiger partial charge on any atom is -0.353 e. The van der Waals surface area contributed by atoms with Gasteiger partial charge in [-0.3, -0.25) is 0 Å². The molecule has 1 aliphatic carbocycles. The lowest BCUT2D eigenvalue weighted by molar-refractivity contribution is 0.360. The van der Waals surface area contributed by atoms with Crippen LogP contribution < -0.4 is 10.2 Å². The van der Waals surface area contributed by atoms with Crippen molar-refractivity contribution in [3.63, 3.8) is 0 Å². The molecule has 1 aromatic heterocycles. The van der Waals surface area contributed by atoms with Crippen LogP contribution >= 0.6 is 11.6 Å². The fourth-order valence-electron chi connectivity index (χ4n) is 3.74. The molecule has 2 heterocycles. The van der Waals surface area contributed by atoms with Crippen LogP contribution in [0, 0.1) is 5.92 Å². The maximum atomic E-state index is 6.26. The van der Waals surface area contributed by atoms with Crippen molar-refractivity contribution in [1.82, 2.24) is 10.3 Å². The molecule has 1 aliphatic heterocycles. The molecule has 3 rings (SSSR count). The summed E-state index contributed by atoms with van der Waals surface area (Å²) < 4.78 is 0. The summed E-state index contributed by atoms with van der Waals surface area (Å²) in [4.78, 5) is 7.36. The van der Waals surface area contributed by atoms with E-state index in [9.17, 15) is 0 Å². The van der Waals surface area contributed by atoms with Crippen LogP contribution in [0.5, 0.6) is 0 Å². The van der Waals surface area contributed by atoms with Crippen LogP contribution in [0.25, 0.3) is 0 Å². The van der Waals surface area contributed by atoms with Gasteiger partial charge in [-0.2, -0.15) is 0 Å². The van der Waals surface area contributed by atoms with Gasteiger partial charge >= 0.3 is 0 Å². The van der Waals surface area contributed by atoms with Crippen molar-refractivity contribution in [2.45, 2.75) is 51.6 Å². The zero-order valence-electron chi connectivity index (χ0n) is 12.2. The Hall–Kier alpha value is -0.800. The Morgan fingerprint density at radius 2 is 2.15 bits per heavy atom. The molecule has 0 bridgehead atoms. The van der Waals surface area contributed by atoms with Crippen molar-refractivity contribution >= 4 is 17.4 Å². The lowest BCUT2D eigenvalue weighted by Gasteiger charge is -2.38. The van der Waals surface area contributed by atoms with Crippen LogP contribution in [-0.4, -0.2) is 24.1 Å². The Balaban J connectivity index is 1.81. The highest BCUT2D eigenvalue weighted by atomic mass is 35.5. The summed E-state index contributed by atoms with van der Waals surface area (Å²) in [6, 6.07) is 4.82. The molecule has 20 heavy (non-hydrogen) atoms. The lowest BCUT2D eigenvalue weighted by atomic mass is 9.92. The fraction of sp³-hybridized carbons (Fsp3) is 0.688. The van der Waals surface area contributed by atoms with Crippen molar-refractivity contribution in [2.24, 2.45) is 5.92 Å². The SMILES string of the molecule is CCNCc1nc(N2CCCC3CCCC32)ccc1Cl. The highest BCUT2D eigenvalue weighted by Gasteiger charge is 2.35. The van der Waals surface area contributed by atoms with E-state index in [0.717, 1.165) is 42.1 Å². The third-order valence-corrected chi connectivity index (χ3v) is 5.08. The molecule has 1 saturated heterocycles. The van der Waals surface area contributed by atoms with Gasteiger partial charge in [-0.1, -0.05) is 24.9 Å². The summed E-state index contributed by atoms with van der Waals surface area (Å²) in [6.07, 6.45) is 6.81. The topological polar surface area (TPSA) is 28.2 Å². The van der Waals surface area contributed by atoms with Gasteiger partial charge in [0.15, 0.2) is 0 Å². The van der Waals surface area contributed by atoms with Gasteiger partial charge in [-0.05, 0) is 50.3 Å². The average Bonchev–Trinajstić information content (AvgIpc) is 2.95. The molecule has 1 aromatic rings. The van der Waals surface area contributed by atoms with Gasteiger partial charge in [-0.15, -0.1) is 0 Å². The molecule has 0 aromatic carbocycles. The number of nitrogens with one attached hydrogen (secondary N) is 1. The van der Waals surface area contributed by atoms with E-state index in [0.29, 0.717) is 6.04 Å². The molecular weight excluding hydrogens is 270 g/mol. The van der Waals surface area contributed by atoms with Crippen molar-refractivity contribution in [1.29, 1.82) is 0 Å². The number of aromatic nitrogens is 1. The number of pyridine rings is 1. The Morgan fingerprint density at radius 1 is 1.30 bits per heavy atom. The number of halogens is 1. The van der Waals surface area contributed by atoms with Gasteiger partial charge in [0.2, 0.25) is 0 Å². The van der Waals surface area contributed by atoms with E-state index in [1.165, 1.54) is 32.1 Å². The molecule has 2 fully saturated rings. The first-order valence-electron chi connectivity index (χ1n) is 7.92. The zero-order valence-corrected chi connectivity index (χ0v) is 13.0. The van der Waals surface area contributed by atoms with E-state index in [1.807, 2.05) is 6.07 Å².